The van der Waals surface area contributed by atoms with Crippen molar-refractivity contribution in [3.63, 3.8) is 0 Å². The monoisotopic (exact) mass is 216 g/mol. The van der Waals surface area contributed by atoms with Crippen molar-refractivity contribution in [2.75, 3.05) is 0 Å². The van der Waals surface area contributed by atoms with Crippen LogP contribution in [0.3, 0.4) is 0 Å². The van der Waals surface area contributed by atoms with Gasteiger partial charge in [-0.3, -0.25) is 0 Å². The predicted octanol–water partition coefficient (Wildman–Crippen LogP) is 1.67. The van der Waals surface area contributed by atoms with Gasteiger partial charge in [0, 0.05) is 5.56 Å². The van der Waals surface area contributed by atoms with E-state index in [1.165, 1.54) is 0 Å². The molecule has 0 unspecified atom stereocenters. The Morgan fingerprint density at radius 3 is 2.47 bits per heavy atom. The molecule has 1 aromatic rings. The first-order valence-corrected chi connectivity index (χ1v) is 3.94. The van der Waals surface area contributed by atoms with Crippen molar-refractivity contribution < 1.29 is 18.3 Å². The van der Waals surface area contributed by atoms with Crippen molar-refractivity contribution >= 4 is 0 Å². The lowest BCUT2D eigenvalue weighted by Crippen LogP contribution is -2.20. The fourth-order valence-electron chi connectivity index (χ4n) is 1.14. The maximum atomic E-state index is 12.9. The molecule has 0 saturated heterocycles. The molecular formula is C9H7F3N2O. The Hall–Kier alpha value is -1.74. The number of phenols is 1. The molecular weight excluding hydrogens is 209 g/mol. The number of rotatable bonds is 2. The van der Waals surface area contributed by atoms with Crippen LogP contribution in [-0.2, 0) is 0 Å². The van der Waals surface area contributed by atoms with E-state index in [4.69, 9.17) is 11.0 Å². The number of benzene rings is 1. The molecule has 0 aliphatic rings. The highest BCUT2D eigenvalue weighted by atomic mass is 19.3. The highest BCUT2D eigenvalue weighted by molar-refractivity contribution is 5.48. The molecule has 0 aliphatic carbocycles. The number of nitriles is 1. The number of hydrogen-bond acceptors (Lipinski definition) is 3. The fourth-order valence-corrected chi connectivity index (χ4v) is 1.14. The van der Waals surface area contributed by atoms with E-state index in [0.717, 1.165) is 12.1 Å². The molecule has 0 radical (unpaired) electrons. The first-order valence-electron chi connectivity index (χ1n) is 3.94. The summed E-state index contributed by atoms with van der Waals surface area (Å²) in [7, 11) is 0. The minimum atomic E-state index is -2.98. The normalized spacial score (nSPS) is 12.5. The molecule has 0 saturated carbocycles. The zero-order valence-electron chi connectivity index (χ0n) is 7.42. The molecule has 0 fully saturated rings. The molecule has 0 aliphatic heterocycles. The predicted molar refractivity (Wildman–Crippen MR) is 45.7 cm³/mol. The Balaban J connectivity index is 3.37. The van der Waals surface area contributed by atoms with Crippen LogP contribution in [0.4, 0.5) is 13.2 Å². The largest absolute Gasteiger partial charge is 0.505 e. The average Bonchev–Trinajstić information content (AvgIpc) is 2.20. The third kappa shape index (κ3) is 2.02. The van der Waals surface area contributed by atoms with Crippen molar-refractivity contribution in [2.45, 2.75) is 12.5 Å². The summed E-state index contributed by atoms with van der Waals surface area (Å²) in [5, 5.41) is 17.8. The lowest BCUT2D eigenvalue weighted by Gasteiger charge is -2.14. The fraction of sp³-hybridized carbons (Fsp3) is 0.222. The minimum absolute atomic E-state index is 0.262. The van der Waals surface area contributed by atoms with Crippen molar-refractivity contribution in [3.05, 3.63) is 29.1 Å². The molecule has 0 aromatic heterocycles. The van der Waals surface area contributed by atoms with Crippen molar-refractivity contribution in [3.8, 4) is 11.8 Å². The maximum Gasteiger partial charge on any atom is 0.257 e. The summed E-state index contributed by atoms with van der Waals surface area (Å²) in [4.78, 5) is 0. The second kappa shape index (κ2) is 4.19. The third-order valence-electron chi connectivity index (χ3n) is 1.89. The van der Waals surface area contributed by atoms with Crippen LogP contribution in [0.15, 0.2) is 12.1 Å². The zero-order valence-corrected chi connectivity index (χ0v) is 7.42. The SMILES string of the molecule is N#Cc1ccc(F)c(O)c1[C@H](N)C(F)F. The standard InChI is InChI=1S/C9H7F3N2O/c10-5-2-1-4(3-13)6(8(5)15)7(14)9(11)12/h1-2,7,9,15H,14H2/t7-/m0/s1. The number of nitrogens with zero attached hydrogens (tertiary/aromatic N) is 1. The summed E-state index contributed by atoms with van der Waals surface area (Å²) in [6.45, 7) is 0. The first-order chi connectivity index (χ1) is 6.99. The van der Waals surface area contributed by atoms with Gasteiger partial charge in [-0.2, -0.15) is 5.26 Å². The quantitative estimate of drug-likeness (QED) is 0.789. The Bertz CT molecular complexity index is 415. The lowest BCUT2D eigenvalue weighted by atomic mass is 10.0. The summed E-state index contributed by atoms with van der Waals surface area (Å²) in [5.41, 5.74) is 4.23. The molecule has 0 spiro atoms. The van der Waals surface area contributed by atoms with E-state index in [9.17, 15) is 18.3 Å². The zero-order chi connectivity index (χ0) is 11.6. The Kier molecular flexibility index (Phi) is 3.17. The van der Waals surface area contributed by atoms with Crippen molar-refractivity contribution in [1.29, 1.82) is 5.26 Å². The second-order valence-corrected chi connectivity index (χ2v) is 2.83. The van der Waals surface area contributed by atoms with E-state index in [0.29, 0.717) is 0 Å². The van der Waals surface area contributed by atoms with Crippen LogP contribution < -0.4 is 5.73 Å². The van der Waals surface area contributed by atoms with Crippen molar-refractivity contribution in [1.82, 2.24) is 0 Å². The van der Waals surface area contributed by atoms with Gasteiger partial charge in [-0.25, -0.2) is 13.2 Å². The molecule has 15 heavy (non-hydrogen) atoms. The van der Waals surface area contributed by atoms with Gasteiger partial charge in [0.1, 0.15) is 0 Å². The molecule has 1 rings (SSSR count). The Morgan fingerprint density at radius 1 is 1.40 bits per heavy atom. The summed E-state index contributed by atoms with van der Waals surface area (Å²) < 4.78 is 37.4. The molecule has 1 atom stereocenters. The number of nitrogens with two attached hydrogens (primary N) is 1. The Morgan fingerprint density at radius 2 is 2.00 bits per heavy atom. The number of phenolic OH excluding ortho intramolecular Hbond substituents is 1. The molecule has 6 heteroatoms. The average molecular weight is 216 g/mol. The van der Waals surface area contributed by atoms with Gasteiger partial charge >= 0.3 is 0 Å². The van der Waals surface area contributed by atoms with Gasteiger partial charge in [-0.05, 0) is 12.1 Å². The van der Waals surface area contributed by atoms with Crippen LogP contribution in [0.2, 0.25) is 0 Å². The van der Waals surface area contributed by atoms with E-state index in [1.54, 1.807) is 6.07 Å². The number of hydrogen-bond donors (Lipinski definition) is 2. The molecule has 80 valence electrons. The molecule has 3 N–H and O–H groups in total. The summed E-state index contributed by atoms with van der Waals surface area (Å²) in [6, 6.07) is 1.49. The van der Waals surface area contributed by atoms with Crippen LogP contribution in [0.5, 0.6) is 5.75 Å². The second-order valence-electron chi connectivity index (χ2n) is 2.83. The summed E-state index contributed by atoms with van der Waals surface area (Å²) in [5.74, 6) is -2.08. The van der Waals surface area contributed by atoms with Crippen LogP contribution in [-0.4, -0.2) is 11.5 Å². The molecule has 3 nitrogen and oxygen atoms in total. The highest BCUT2D eigenvalue weighted by Gasteiger charge is 2.25. The summed E-state index contributed by atoms with van der Waals surface area (Å²) in [6.07, 6.45) is -2.98. The van der Waals surface area contributed by atoms with Crippen LogP contribution in [0.1, 0.15) is 17.2 Å². The molecule has 0 heterocycles. The molecule has 0 bridgehead atoms. The van der Waals surface area contributed by atoms with E-state index in [2.05, 4.69) is 0 Å². The topological polar surface area (TPSA) is 70.0 Å². The third-order valence-corrected chi connectivity index (χ3v) is 1.89. The lowest BCUT2D eigenvalue weighted by molar-refractivity contribution is 0.115. The van der Waals surface area contributed by atoms with Gasteiger partial charge in [0.05, 0.1) is 17.7 Å². The number of aromatic hydroxyl groups is 1. The van der Waals surface area contributed by atoms with Crippen LogP contribution >= 0.6 is 0 Å². The smallest absolute Gasteiger partial charge is 0.257 e. The van der Waals surface area contributed by atoms with Crippen molar-refractivity contribution in [2.24, 2.45) is 5.73 Å². The van der Waals surface area contributed by atoms with Gasteiger partial charge < -0.3 is 10.8 Å². The van der Waals surface area contributed by atoms with E-state index in [-0.39, 0.29) is 5.56 Å². The number of halogens is 3. The van der Waals surface area contributed by atoms with Gasteiger partial charge in [0.15, 0.2) is 11.6 Å². The Labute approximate surface area is 83.5 Å². The van der Waals surface area contributed by atoms with Gasteiger partial charge in [0.25, 0.3) is 6.43 Å². The van der Waals surface area contributed by atoms with Gasteiger partial charge in [-0.15, -0.1) is 0 Å². The molecule has 0 amide bonds. The van der Waals surface area contributed by atoms with Gasteiger partial charge in [0.2, 0.25) is 0 Å². The summed E-state index contributed by atoms with van der Waals surface area (Å²) >= 11 is 0. The highest BCUT2D eigenvalue weighted by Crippen LogP contribution is 2.31. The van der Waals surface area contributed by atoms with E-state index in [1.807, 2.05) is 0 Å². The molecule has 1 aromatic carbocycles. The first kappa shape index (κ1) is 11.3. The van der Waals surface area contributed by atoms with Crippen LogP contribution in [0, 0.1) is 17.1 Å². The van der Waals surface area contributed by atoms with Crippen LogP contribution in [0.25, 0.3) is 0 Å². The number of alkyl halides is 2. The van der Waals surface area contributed by atoms with Gasteiger partial charge in [-0.1, -0.05) is 0 Å². The van der Waals surface area contributed by atoms with E-state index < -0.39 is 29.6 Å². The minimum Gasteiger partial charge on any atom is -0.505 e. The van der Waals surface area contributed by atoms with E-state index >= 15 is 0 Å². The maximum absolute atomic E-state index is 12.9.